The summed E-state index contributed by atoms with van der Waals surface area (Å²) in [5, 5.41) is 8.43. The van der Waals surface area contributed by atoms with E-state index in [0.717, 1.165) is 11.6 Å². The maximum Gasteiger partial charge on any atom is 0.251 e. The number of aromatic nitrogens is 2. The van der Waals surface area contributed by atoms with Gasteiger partial charge in [0.15, 0.2) is 9.84 Å². The zero-order valence-corrected chi connectivity index (χ0v) is 19.7. The van der Waals surface area contributed by atoms with Crippen molar-refractivity contribution in [3.05, 3.63) is 82.9 Å². The molecule has 1 aromatic heterocycles. The molecular weight excluding hydrogens is 498 g/mol. The topological polar surface area (TPSA) is 102 Å². The predicted octanol–water partition coefficient (Wildman–Crippen LogP) is 4.46. The van der Waals surface area contributed by atoms with Crippen molar-refractivity contribution in [2.45, 2.75) is 17.5 Å². The number of anilines is 1. The fourth-order valence-corrected chi connectivity index (χ4v) is 5.77. The fraction of sp³-hybridized carbons (Fsp3) is 0.167. The van der Waals surface area contributed by atoms with Crippen molar-refractivity contribution in [2.75, 3.05) is 17.2 Å². The van der Waals surface area contributed by atoms with E-state index in [1.165, 1.54) is 30.3 Å². The Kier molecular flexibility index (Phi) is 6.04. The zero-order chi connectivity index (χ0) is 24.7. The number of sulfone groups is 1. The Balaban J connectivity index is 1.59. The molecule has 35 heavy (non-hydrogen) atoms. The smallest absolute Gasteiger partial charge is 0.251 e. The van der Waals surface area contributed by atoms with Crippen molar-refractivity contribution in [3.8, 4) is 22.9 Å². The van der Waals surface area contributed by atoms with E-state index >= 15 is 4.39 Å². The van der Waals surface area contributed by atoms with Gasteiger partial charge in [-0.05, 0) is 54.1 Å². The molecule has 2 N–H and O–H groups in total. The second kappa shape index (κ2) is 9.03. The van der Waals surface area contributed by atoms with Gasteiger partial charge in [0.25, 0.3) is 5.89 Å². The SMILES string of the molecule is N[C@@H]1CN(Cc2ccc(Cl)cc2)c2cc(-c3nnc(-c4ccc(F)cc4)o3)c(F)cc2S(=O)(=O)C1. The van der Waals surface area contributed by atoms with Crippen molar-refractivity contribution in [1.29, 1.82) is 0 Å². The summed E-state index contributed by atoms with van der Waals surface area (Å²) in [7, 11) is -3.85. The molecule has 1 aliphatic heterocycles. The zero-order valence-electron chi connectivity index (χ0n) is 18.2. The van der Waals surface area contributed by atoms with Crippen molar-refractivity contribution in [2.24, 2.45) is 5.73 Å². The Morgan fingerprint density at radius 1 is 1.03 bits per heavy atom. The number of rotatable bonds is 4. The van der Waals surface area contributed by atoms with Crippen LogP contribution >= 0.6 is 11.6 Å². The van der Waals surface area contributed by atoms with Crippen LogP contribution in [0.15, 0.2) is 70.0 Å². The number of fused-ring (bicyclic) bond motifs is 1. The summed E-state index contributed by atoms with van der Waals surface area (Å²) < 4.78 is 60.1. The highest BCUT2D eigenvalue weighted by Gasteiger charge is 2.32. The van der Waals surface area contributed by atoms with E-state index in [4.69, 9.17) is 21.8 Å². The first-order valence-corrected chi connectivity index (χ1v) is 12.6. The van der Waals surface area contributed by atoms with Crippen LogP contribution in [0.3, 0.4) is 0 Å². The van der Waals surface area contributed by atoms with Crippen LogP contribution in [0.5, 0.6) is 0 Å². The molecule has 0 fully saturated rings. The predicted molar refractivity (Wildman–Crippen MR) is 128 cm³/mol. The van der Waals surface area contributed by atoms with Gasteiger partial charge in [-0.1, -0.05) is 23.7 Å². The minimum absolute atomic E-state index is 0.0589. The van der Waals surface area contributed by atoms with Crippen molar-refractivity contribution in [1.82, 2.24) is 10.2 Å². The highest BCUT2D eigenvalue weighted by atomic mass is 35.5. The maximum absolute atomic E-state index is 15.2. The third-order valence-corrected chi connectivity index (χ3v) is 7.76. The third-order valence-electron chi connectivity index (χ3n) is 5.65. The number of benzene rings is 3. The molecule has 11 heteroatoms. The molecule has 1 aliphatic rings. The number of nitrogens with two attached hydrogens (primary N) is 1. The van der Waals surface area contributed by atoms with E-state index in [0.29, 0.717) is 17.1 Å². The highest BCUT2D eigenvalue weighted by Crippen LogP contribution is 2.37. The molecule has 2 heterocycles. The molecule has 4 aromatic rings. The summed E-state index contributed by atoms with van der Waals surface area (Å²) in [5.41, 5.74) is 7.67. The highest BCUT2D eigenvalue weighted by molar-refractivity contribution is 7.91. The van der Waals surface area contributed by atoms with Crippen LogP contribution in [0.25, 0.3) is 22.9 Å². The first kappa shape index (κ1) is 23.4. The quantitative estimate of drug-likeness (QED) is 0.427. The minimum Gasteiger partial charge on any atom is -0.416 e. The van der Waals surface area contributed by atoms with Crippen molar-refractivity contribution < 1.29 is 21.6 Å². The molecule has 1 atom stereocenters. The normalized spacial score (nSPS) is 17.1. The van der Waals surface area contributed by atoms with Crippen molar-refractivity contribution >= 4 is 27.1 Å². The summed E-state index contributed by atoms with van der Waals surface area (Å²) in [6, 6.07) is 14.2. The van der Waals surface area contributed by atoms with Gasteiger partial charge in [-0.2, -0.15) is 0 Å². The Morgan fingerprint density at radius 2 is 1.71 bits per heavy atom. The first-order valence-electron chi connectivity index (χ1n) is 10.6. The van der Waals surface area contributed by atoms with Gasteiger partial charge in [-0.25, -0.2) is 17.2 Å². The Bertz CT molecular complexity index is 1490. The second-order valence-electron chi connectivity index (χ2n) is 8.27. The lowest BCUT2D eigenvalue weighted by atomic mass is 10.1. The lowest BCUT2D eigenvalue weighted by molar-refractivity contribution is 0.567. The molecule has 7 nitrogen and oxygen atoms in total. The van der Waals surface area contributed by atoms with Gasteiger partial charge in [0.2, 0.25) is 5.89 Å². The number of hydrogen-bond acceptors (Lipinski definition) is 7. The molecule has 3 aromatic carbocycles. The van der Waals surface area contributed by atoms with Crippen LogP contribution in [0, 0.1) is 11.6 Å². The molecule has 0 bridgehead atoms. The van der Waals surface area contributed by atoms with Gasteiger partial charge >= 0.3 is 0 Å². The summed E-state index contributed by atoms with van der Waals surface area (Å²) in [6.07, 6.45) is 0. The number of halogens is 3. The molecule has 0 unspecified atom stereocenters. The average molecular weight is 517 g/mol. The summed E-state index contributed by atoms with van der Waals surface area (Å²) >= 11 is 5.99. The Morgan fingerprint density at radius 3 is 2.43 bits per heavy atom. The molecule has 5 rings (SSSR count). The average Bonchev–Trinajstić information content (AvgIpc) is 3.27. The number of hydrogen-bond donors (Lipinski definition) is 1. The largest absolute Gasteiger partial charge is 0.416 e. The lowest BCUT2D eigenvalue weighted by Gasteiger charge is -2.26. The van der Waals surface area contributed by atoms with Gasteiger partial charge in [-0.15, -0.1) is 10.2 Å². The molecular formula is C24H19ClF2N4O3S. The van der Waals surface area contributed by atoms with Crippen LogP contribution in [0.1, 0.15) is 5.56 Å². The van der Waals surface area contributed by atoms with Crippen molar-refractivity contribution in [3.63, 3.8) is 0 Å². The van der Waals surface area contributed by atoms with Crippen LogP contribution in [-0.2, 0) is 16.4 Å². The standard InChI is InChI=1S/C24H19ClF2N4O3S/c25-16-5-1-14(2-6-16)11-31-12-18(28)13-35(32,33)22-10-20(27)19(9-21(22)31)24-30-29-23(34-24)15-3-7-17(26)8-4-15/h1-10,18H,11-13,28H2/t18-/m1/s1. The minimum atomic E-state index is -3.85. The summed E-state index contributed by atoms with van der Waals surface area (Å²) in [4.78, 5) is 1.63. The van der Waals surface area contributed by atoms with Gasteiger partial charge in [0.1, 0.15) is 11.6 Å². The molecule has 0 aliphatic carbocycles. The third kappa shape index (κ3) is 4.77. The first-order chi connectivity index (χ1) is 16.7. The van der Waals surface area contributed by atoms with Gasteiger partial charge < -0.3 is 15.1 Å². The van der Waals surface area contributed by atoms with E-state index in [1.807, 2.05) is 12.1 Å². The molecule has 0 radical (unpaired) electrons. The van der Waals surface area contributed by atoms with E-state index < -0.39 is 27.5 Å². The van der Waals surface area contributed by atoms with E-state index in [1.54, 1.807) is 17.0 Å². The molecule has 0 spiro atoms. The Hall–Kier alpha value is -3.34. The lowest BCUT2D eigenvalue weighted by Crippen LogP contribution is -2.39. The second-order valence-corrected chi connectivity index (χ2v) is 10.7. The maximum atomic E-state index is 15.2. The molecule has 0 amide bonds. The monoisotopic (exact) mass is 516 g/mol. The van der Waals surface area contributed by atoms with Crippen LogP contribution in [0.4, 0.5) is 14.5 Å². The van der Waals surface area contributed by atoms with Gasteiger partial charge in [0.05, 0.1) is 21.9 Å². The van der Waals surface area contributed by atoms with E-state index in [2.05, 4.69) is 10.2 Å². The van der Waals surface area contributed by atoms with E-state index in [-0.39, 0.29) is 40.2 Å². The Labute approximate surface area is 205 Å². The van der Waals surface area contributed by atoms with Crippen LogP contribution < -0.4 is 10.6 Å². The summed E-state index contributed by atoms with van der Waals surface area (Å²) in [5.74, 6) is -1.64. The number of nitrogens with zero attached hydrogens (tertiary/aromatic N) is 3. The van der Waals surface area contributed by atoms with Gasteiger partial charge in [-0.3, -0.25) is 0 Å². The van der Waals surface area contributed by atoms with E-state index in [9.17, 15) is 12.8 Å². The van der Waals surface area contributed by atoms with Gasteiger partial charge in [0, 0.05) is 29.7 Å². The molecule has 180 valence electrons. The molecule has 0 saturated carbocycles. The fourth-order valence-electron chi connectivity index (χ4n) is 4.01. The van der Waals surface area contributed by atoms with Crippen LogP contribution in [-0.4, -0.2) is 37.0 Å². The molecule has 0 saturated heterocycles. The summed E-state index contributed by atoms with van der Waals surface area (Å²) in [6.45, 7) is 0.549. The van der Waals surface area contributed by atoms with Crippen LogP contribution in [0.2, 0.25) is 5.02 Å².